The van der Waals surface area contributed by atoms with Crippen LogP contribution >= 0.6 is 0 Å². The third-order valence-corrected chi connectivity index (χ3v) is 4.61. The van der Waals surface area contributed by atoms with Gasteiger partial charge in [-0.05, 0) is 24.1 Å². The molecule has 0 saturated carbocycles. The van der Waals surface area contributed by atoms with Gasteiger partial charge in [-0.3, -0.25) is 4.79 Å². The summed E-state index contributed by atoms with van der Waals surface area (Å²) in [7, 11) is 6.15. The number of ether oxygens (including phenoxy) is 4. The summed E-state index contributed by atoms with van der Waals surface area (Å²) in [6, 6.07) is 6.91. The molecule has 1 aromatic rings. The third-order valence-electron chi connectivity index (χ3n) is 4.61. The summed E-state index contributed by atoms with van der Waals surface area (Å²) in [5.74, 6) is 1.18. The number of benzene rings is 1. The van der Waals surface area contributed by atoms with E-state index in [2.05, 4.69) is 6.92 Å². The summed E-state index contributed by atoms with van der Waals surface area (Å²) < 4.78 is 21.2. The Balaban J connectivity index is 2.43. The van der Waals surface area contributed by atoms with Crippen LogP contribution < -0.4 is 4.74 Å². The summed E-state index contributed by atoms with van der Waals surface area (Å²) in [5, 5.41) is 0. The van der Waals surface area contributed by atoms with Crippen molar-refractivity contribution in [2.75, 3.05) is 28.4 Å². The fraction of sp³-hybridized carbons (Fsp3) is 0.550. The van der Waals surface area contributed by atoms with Crippen molar-refractivity contribution in [3.05, 3.63) is 29.8 Å². The van der Waals surface area contributed by atoms with Crippen molar-refractivity contribution in [1.82, 2.24) is 0 Å². The number of hydrogen-bond acceptors (Lipinski definition) is 7. The molecule has 1 aliphatic heterocycles. The Hall–Kier alpha value is -2.57. The van der Waals surface area contributed by atoms with Gasteiger partial charge in [0.1, 0.15) is 17.8 Å². The number of carbonyl (C=O) groups is 1. The van der Waals surface area contributed by atoms with E-state index in [1.54, 1.807) is 21.3 Å². The van der Waals surface area contributed by atoms with Crippen LogP contribution in [0.3, 0.4) is 0 Å². The first-order chi connectivity index (χ1) is 13.1. The molecular formula is C20H28N2O5. The first-order valence-corrected chi connectivity index (χ1v) is 9.02. The van der Waals surface area contributed by atoms with E-state index in [9.17, 15) is 4.79 Å². The summed E-state index contributed by atoms with van der Waals surface area (Å²) in [6.45, 7) is 2.08. The maximum Gasteiger partial charge on any atom is 0.306 e. The number of hydrogen-bond donors (Lipinski definition) is 0. The minimum absolute atomic E-state index is 0.148. The molecule has 1 aliphatic rings. The summed E-state index contributed by atoms with van der Waals surface area (Å²) in [5.41, 5.74) is 0.920. The average molecular weight is 376 g/mol. The van der Waals surface area contributed by atoms with Gasteiger partial charge in [0.25, 0.3) is 0 Å². The van der Waals surface area contributed by atoms with Gasteiger partial charge in [-0.1, -0.05) is 25.5 Å². The van der Waals surface area contributed by atoms with Crippen molar-refractivity contribution in [3.63, 3.8) is 0 Å². The van der Waals surface area contributed by atoms with Crippen LogP contribution in [0.25, 0.3) is 0 Å². The summed E-state index contributed by atoms with van der Waals surface area (Å²) >= 11 is 0. The number of nitrogens with zero attached hydrogens (tertiary/aromatic N) is 2. The highest BCUT2D eigenvalue weighted by molar-refractivity contribution is 5.95. The lowest BCUT2D eigenvalue weighted by Crippen LogP contribution is -2.38. The van der Waals surface area contributed by atoms with Crippen molar-refractivity contribution in [2.45, 2.75) is 44.2 Å². The molecule has 1 aromatic carbocycles. The SMILES string of the molecule is CCC[C@H]1N=C(OC)[C@H]([C@H](CC(=O)OC)c2ccc(OC)cc2)N=C1OC. The fourth-order valence-corrected chi connectivity index (χ4v) is 3.18. The molecule has 1 heterocycles. The maximum atomic E-state index is 12.1. The normalized spacial score (nSPS) is 20.2. The summed E-state index contributed by atoms with van der Waals surface area (Å²) in [4.78, 5) is 21.5. The first kappa shape index (κ1) is 20.7. The van der Waals surface area contributed by atoms with E-state index in [0.29, 0.717) is 11.8 Å². The van der Waals surface area contributed by atoms with Gasteiger partial charge in [-0.25, -0.2) is 9.98 Å². The monoisotopic (exact) mass is 376 g/mol. The van der Waals surface area contributed by atoms with Crippen LogP contribution in [0.5, 0.6) is 5.75 Å². The Kier molecular flexibility index (Phi) is 7.64. The van der Waals surface area contributed by atoms with E-state index < -0.39 is 6.04 Å². The summed E-state index contributed by atoms with van der Waals surface area (Å²) in [6.07, 6.45) is 1.91. The third kappa shape index (κ3) is 4.99. The molecule has 0 bridgehead atoms. The second-order valence-corrected chi connectivity index (χ2v) is 6.25. The van der Waals surface area contributed by atoms with Gasteiger partial charge < -0.3 is 18.9 Å². The lowest BCUT2D eigenvalue weighted by Gasteiger charge is -2.30. The quantitative estimate of drug-likeness (QED) is 0.684. The number of rotatable bonds is 7. The minimum Gasteiger partial charge on any atom is -0.497 e. The van der Waals surface area contributed by atoms with Gasteiger partial charge in [-0.15, -0.1) is 0 Å². The van der Waals surface area contributed by atoms with Gasteiger partial charge in [-0.2, -0.15) is 0 Å². The number of methoxy groups -OCH3 is 4. The van der Waals surface area contributed by atoms with E-state index in [1.165, 1.54) is 7.11 Å². The largest absolute Gasteiger partial charge is 0.497 e. The van der Waals surface area contributed by atoms with Crippen LogP contribution in [0.1, 0.15) is 37.7 Å². The van der Waals surface area contributed by atoms with Gasteiger partial charge in [0.2, 0.25) is 11.8 Å². The number of carbonyl (C=O) groups excluding carboxylic acids is 1. The highest BCUT2D eigenvalue weighted by Gasteiger charge is 2.36. The van der Waals surface area contributed by atoms with Crippen LogP contribution in [-0.2, 0) is 19.0 Å². The first-order valence-electron chi connectivity index (χ1n) is 9.02. The molecule has 0 amide bonds. The Morgan fingerprint density at radius 3 is 2.19 bits per heavy atom. The van der Waals surface area contributed by atoms with Gasteiger partial charge >= 0.3 is 5.97 Å². The highest BCUT2D eigenvalue weighted by Crippen LogP contribution is 2.31. The fourth-order valence-electron chi connectivity index (χ4n) is 3.18. The maximum absolute atomic E-state index is 12.1. The van der Waals surface area contributed by atoms with E-state index in [-0.39, 0.29) is 24.3 Å². The molecule has 0 radical (unpaired) electrons. The zero-order valence-electron chi connectivity index (χ0n) is 16.6. The molecule has 3 atom stereocenters. The molecule has 27 heavy (non-hydrogen) atoms. The molecule has 0 N–H and O–H groups in total. The van der Waals surface area contributed by atoms with Crippen molar-refractivity contribution in [2.24, 2.45) is 9.98 Å². The smallest absolute Gasteiger partial charge is 0.306 e. The number of aliphatic imine (C=N–C) groups is 2. The van der Waals surface area contributed by atoms with E-state index in [1.807, 2.05) is 24.3 Å². The second-order valence-electron chi connectivity index (χ2n) is 6.25. The predicted octanol–water partition coefficient (Wildman–Crippen LogP) is 2.98. The van der Waals surface area contributed by atoms with E-state index in [4.69, 9.17) is 28.9 Å². The average Bonchev–Trinajstić information content (AvgIpc) is 2.71. The Morgan fingerprint density at radius 1 is 1.00 bits per heavy atom. The van der Waals surface area contributed by atoms with Crippen LogP contribution in [0, 0.1) is 0 Å². The van der Waals surface area contributed by atoms with Gasteiger partial charge in [0, 0.05) is 5.92 Å². The van der Waals surface area contributed by atoms with Crippen LogP contribution in [0.2, 0.25) is 0 Å². The molecule has 0 saturated heterocycles. The van der Waals surface area contributed by atoms with Crippen molar-refractivity contribution >= 4 is 17.8 Å². The Bertz CT molecular complexity index is 684. The van der Waals surface area contributed by atoms with Crippen LogP contribution in [-0.4, -0.2) is 58.3 Å². The molecule has 0 aromatic heterocycles. The van der Waals surface area contributed by atoms with Crippen molar-refractivity contribution in [3.8, 4) is 5.75 Å². The van der Waals surface area contributed by atoms with Crippen LogP contribution in [0.4, 0.5) is 0 Å². The topological polar surface area (TPSA) is 78.7 Å². The van der Waals surface area contributed by atoms with Crippen molar-refractivity contribution < 1.29 is 23.7 Å². The zero-order valence-corrected chi connectivity index (χ0v) is 16.6. The Labute approximate surface area is 160 Å². The lowest BCUT2D eigenvalue weighted by molar-refractivity contribution is -0.141. The molecule has 148 valence electrons. The standard InChI is InChI=1S/C20H28N2O5/c1-6-7-16-19(26-4)22-18(20(21-16)27-5)15(12-17(23)25-3)13-8-10-14(24-2)11-9-13/h8-11,15-16,18H,6-7,12H2,1-5H3/t15-,16-,18+/m1/s1. The predicted molar refractivity (Wildman–Crippen MR) is 104 cm³/mol. The van der Waals surface area contributed by atoms with E-state index in [0.717, 1.165) is 24.2 Å². The van der Waals surface area contributed by atoms with E-state index >= 15 is 0 Å². The Morgan fingerprint density at radius 2 is 1.67 bits per heavy atom. The number of esters is 1. The molecular weight excluding hydrogens is 348 g/mol. The van der Waals surface area contributed by atoms with Crippen molar-refractivity contribution in [1.29, 1.82) is 0 Å². The molecule has 0 unspecified atom stereocenters. The van der Waals surface area contributed by atoms with Gasteiger partial charge in [0.15, 0.2) is 0 Å². The second kappa shape index (κ2) is 9.94. The van der Waals surface area contributed by atoms with Crippen LogP contribution in [0.15, 0.2) is 34.3 Å². The molecule has 2 rings (SSSR count). The molecule has 7 heteroatoms. The minimum atomic E-state index is -0.467. The molecule has 0 fully saturated rings. The molecule has 0 aliphatic carbocycles. The van der Waals surface area contributed by atoms with Gasteiger partial charge in [0.05, 0.1) is 34.9 Å². The lowest BCUT2D eigenvalue weighted by atomic mass is 9.87. The zero-order chi connectivity index (χ0) is 19.8. The highest BCUT2D eigenvalue weighted by atomic mass is 16.5. The molecule has 7 nitrogen and oxygen atoms in total. The molecule has 0 spiro atoms.